The molecule has 0 fully saturated rings. The molecule has 0 aliphatic rings. The number of nitrogens with two attached hydrogens (primary N) is 4. The van der Waals surface area contributed by atoms with Crippen molar-refractivity contribution in [3.8, 4) is 0 Å². The Morgan fingerprint density at radius 1 is 0.805 bits per heavy atom. The second kappa shape index (κ2) is 16.9. The van der Waals surface area contributed by atoms with E-state index in [9.17, 15) is 29.1 Å². The van der Waals surface area contributed by atoms with E-state index in [4.69, 9.17) is 22.9 Å². The van der Waals surface area contributed by atoms with E-state index in [0.29, 0.717) is 50.8 Å². The normalized spacial score (nSPS) is 14.0. The maximum absolute atomic E-state index is 13.3. The number of amides is 4. The molecule has 4 unspecified atom stereocenters. The number of aromatic nitrogens is 1. The molecule has 0 aliphatic heterocycles. The number of aliphatic carboxylic acids is 1. The summed E-state index contributed by atoms with van der Waals surface area (Å²) < 4.78 is 0. The minimum Gasteiger partial charge on any atom is -0.480 e. The zero-order valence-corrected chi connectivity index (χ0v) is 23.1. The summed E-state index contributed by atoms with van der Waals surface area (Å²) in [5, 5.41) is 18.2. The van der Waals surface area contributed by atoms with Gasteiger partial charge in [-0.2, -0.15) is 0 Å². The van der Waals surface area contributed by atoms with Crippen molar-refractivity contribution in [2.24, 2.45) is 22.9 Å². The fourth-order valence-corrected chi connectivity index (χ4v) is 4.36. The van der Waals surface area contributed by atoms with Crippen LogP contribution in [0.4, 0.5) is 0 Å². The van der Waals surface area contributed by atoms with E-state index in [-0.39, 0.29) is 12.8 Å². The molecule has 1 aromatic carbocycles. The molecule has 1 aromatic heterocycles. The molecule has 0 spiro atoms. The Morgan fingerprint density at radius 3 is 2.02 bits per heavy atom. The number of aromatic amines is 1. The molecule has 226 valence electrons. The van der Waals surface area contributed by atoms with Crippen LogP contribution in [0.1, 0.15) is 50.5 Å². The van der Waals surface area contributed by atoms with Crippen molar-refractivity contribution in [1.29, 1.82) is 0 Å². The van der Waals surface area contributed by atoms with E-state index < -0.39 is 60.2 Å². The van der Waals surface area contributed by atoms with E-state index in [1.54, 1.807) is 6.20 Å². The smallest absolute Gasteiger partial charge is 0.326 e. The zero-order chi connectivity index (χ0) is 30.4. The summed E-state index contributed by atoms with van der Waals surface area (Å²) in [5.74, 6) is -4.32. The molecule has 4 atom stereocenters. The molecule has 0 saturated heterocycles. The number of carbonyl (C=O) groups excluding carboxylic acids is 4. The standard InChI is InChI=1S/C27H42N8O6/c28-11-5-3-8-18(30)24(37)34-21(14-23(31)36)26(39)33-20(10-4-6-12-29)25(38)35-22(27(40)41)13-16-15-32-19-9-2-1-7-17(16)19/h1-2,7,9,15,18,20-22,32H,3-6,8,10-14,28-30H2,(H2,31,36)(H,33,39)(H,34,37)(H,35,38)(H,40,41). The molecule has 14 nitrogen and oxygen atoms in total. The number of benzene rings is 1. The summed E-state index contributed by atoms with van der Waals surface area (Å²) in [6.45, 7) is 0.794. The van der Waals surface area contributed by atoms with Crippen LogP contribution in [0.25, 0.3) is 10.9 Å². The SMILES string of the molecule is NCCCCC(N)C(=O)NC(CC(N)=O)C(=O)NC(CCCCN)C(=O)NC(Cc1c[nH]c2ccccc12)C(=O)O. The zero-order valence-electron chi connectivity index (χ0n) is 23.1. The summed E-state index contributed by atoms with van der Waals surface area (Å²) in [5.41, 5.74) is 23.8. The maximum Gasteiger partial charge on any atom is 0.326 e. The number of hydrogen-bond acceptors (Lipinski definition) is 8. The van der Waals surface area contributed by atoms with Crippen LogP contribution in [0.3, 0.4) is 0 Å². The highest BCUT2D eigenvalue weighted by atomic mass is 16.4. The Morgan fingerprint density at radius 2 is 1.39 bits per heavy atom. The van der Waals surface area contributed by atoms with Crippen LogP contribution in [-0.2, 0) is 30.4 Å². The number of H-pyrrole nitrogens is 1. The van der Waals surface area contributed by atoms with Crippen molar-refractivity contribution >= 4 is 40.5 Å². The van der Waals surface area contributed by atoms with E-state index in [1.807, 2.05) is 24.3 Å². The first kappa shape index (κ1) is 33.2. The quantitative estimate of drug-likeness (QED) is 0.0902. The third kappa shape index (κ3) is 10.8. The highest BCUT2D eigenvalue weighted by molar-refractivity contribution is 5.96. The van der Waals surface area contributed by atoms with Gasteiger partial charge in [-0.15, -0.1) is 0 Å². The lowest BCUT2D eigenvalue weighted by Gasteiger charge is -2.25. The van der Waals surface area contributed by atoms with E-state index >= 15 is 0 Å². The number of unbranched alkanes of at least 4 members (excludes halogenated alkanes) is 2. The molecule has 41 heavy (non-hydrogen) atoms. The van der Waals surface area contributed by atoms with Crippen molar-refractivity contribution in [3.63, 3.8) is 0 Å². The molecule has 2 aromatic rings. The third-order valence-corrected chi connectivity index (χ3v) is 6.64. The molecule has 0 aliphatic carbocycles. The molecule has 0 bridgehead atoms. The average Bonchev–Trinajstić information content (AvgIpc) is 3.34. The van der Waals surface area contributed by atoms with Gasteiger partial charge in [-0.05, 0) is 56.8 Å². The fraction of sp³-hybridized carbons (Fsp3) is 0.519. The molecular formula is C27H42N8O6. The van der Waals surface area contributed by atoms with Gasteiger partial charge in [-0.3, -0.25) is 19.2 Å². The average molecular weight is 575 g/mol. The number of para-hydroxylation sites is 1. The summed E-state index contributed by atoms with van der Waals surface area (Å²) in [4.78, 5) is 65.8. The summed E-state index contributed by atoms with van der Waals surface area (Å²) >= 11 is 0. The van der Waals surface area contributed by atoms with E-state index in [0.717, 1.165) is 10.9 Å². The molecule has 2 rings (SSSR count). The largest absolute Gasteiger partial charge is 0.480 e. The van der Waals surface area contributed by atoms with Gasteiger partial charge in [0.1, 0.15) is 18.1 Å². The van der Waals surface area contributed by atoms with Gasteiger partial charge in [0.2, 0.25) is 23.6 Å². The molecule has 0 saturated carbocycles. The topological polar surface area (TPSA) is 262 Å². The Kier molecular flexibility index (Phi) is 13.7. The van der Waals surface area contributed by atoms with Crippen LogP contribution in [0, 0.1) is 0 Å². The fourth-order valence-electron chi connectivity index (χ4n) is 4.36. The van der Waals surface area contributed by atoms with Crippen molar-refractivity contribution in [3.05, 3.63) is 36.0 Å². The van der Waals surface area contributed by atoms with Crippen molar-refractivity contribution < 1.29 is 29.1 Å². The highest BCUT2D eigenvalue weighted by Gasteiger charge is 2.31. The Labute approximate surface area is 238 Å². The minimum atomic E-state index is -1.38. The van der Waals surface area contributed by atoms with Gasteiger partial charge in [0, 0.05) is 23.5 Å². The number of hydrogen-bond donors (Lipinski definition) is 9. The Balaban J connectivity index is 2.16. The molecule has 14 heteroatoms. The van der Waals surface area contributed by atoms with Crippen LogP contribution in [0.2, 0.25) is 0 Å². The lowest BCUT2D eigenvalue weighted by molar-refractivity contribution is -0.142. The molecule has 0 radical (unpaired) electrons. The monoisotopic (exact) mass is 574 g/mol. The number of fused-ring (bicyclic) bond motifs is 1. The van der Waals surface area contributed by atoms with Crippen LogP contribution in [0.15, 0.2) is 30.5 Å². The number of primary amides is 1. The van der Waals surface area contributed by atoms with Gasteiger partial charge in [0.05, 0.1) is 12.5 Å². The Hall–Kier alpha value is -4.01. The number of carboxylic acid groups (broad SMARTS) is 1. The second-order valence-corrected chi connectivity index (χ2v) is 9.93. The van der Waals surface area contributed by atoms with Gasteiger partial charge in [-0.25, -0.2) is 4.79 Å². The maximum atomic E-state index is 13.3. The van der Waals surface area contributed by atoms with Gasteiger partial charge < -0.3 is 49.0 Å². The van der Waals surface area contributed by atoms with Crippen LogP contribution in [0.5, 0.6) is 0 Å². The van der Waals surface area contributed by atoms with Crippen molar-refractivity contribution in [2.75, 3.05) is 13.1 Å². The van der Waals surface area contributed by atoms with Crippen molar-refractivity contribution in [2.45, 2.75) is 75.5 Å². The first-order valence-corrected chi connectivity index (χ1v) is 13.7. The molecule has 4 amide bonds. The van der Waals surface area contributed by atoms with Gasteiger partial charge in [0.25, 0.3) is 0 Å². The highest BCUT2D eigenvalue weighted by Crippen LogP contribution is 2.19. The first-order chi connectivity index (χ1) is 19.6. The minimum absolute atomic E-state index is 0.00302. The van der Waals surface area contributed by atoms with Crippen LogP contribution < -0.4 is 38.9 Å². The predicted octanol–water partition coefficient (Wildman–Crippen LogP) is -1.29. The number of rotatable bonds is 19. The van der Waals surface area contributed by atoms with Crippen molar-refractivity contribution in [1.82, 2.24) is 20.9 Å². The van der Waals surface area contributed by atoms with Crippen LogP contribution >= 0.6 is 0 Å². The van der Waals surface area contributed by atoms with E-state index in [2.05, 4.69) is 20.9 Å². The summed E-state index contributed by atoms with van der Waals surface area (Å²) in [7, 11) is 0. The molecular weight excluding hydrogens is 532 g/mol. The lowest BCUT2D eigenvalue weighted by Crippen LogP contribution is -2.57. The molecule has 1 heterocycles. The predicted molar refractivity (Wildman–Crippen MR) is 153 cm³/mol. The number of carboxylic acids is 1. The summed E-state index contributed by atoms with van der Waals surface area (Å²) in [6, 6.07) is 2.59. The molecule has 13 N–H and O–H groups in total. The van der Waals surface area contributed by atoms with Gasteiger partial charge in [0.15, 0.2) is 0 Å². The van der Waals surface area contributed by atoms with Gasteiger partial charge >= 0.3 is 5.97 Å². The van der Waals surface area contributed by atoms with Crippen LogP contribution in [-0.4, -0.2) is 76.9 Å². The second-order valence-electron chi connectivity index (χ2n) is 9.93. The third-order valence-electron chi connectivity index (χ3n) is 6.64. The van der Waals surface area contributed by atoms with E-state index in [1.165, 1.54) is 0 Å². The summed E-state index contributed by atoms with van der Waals surface area (Å²) in [6.07, 6.45) is 3.90. The first-order valence-electron chi connectivity index (χ1n) is 13.7. The lowest BCUT2D eigenvalue weighted by atomic mass is 10.0. The number of carbonyl (C=O) groups is 5. The Bertz CT molecular complexity index is 1190. The number of nitrogens with one attached hydrogen (secondary N) is 4. The van der Waals surface area contributed by atoms with Gasteiger partial charge in [-0.1, -0.05) is 24.6 Å².